The van der Waals surface area contributed by atoms with Gasteiger partial charge in [-0.2, -0.15) is 0 Å². The average molecular weight is 1160 g/mol. The predicted octanol–water partition coefficient (Wildman–Crippen LogP) is 5.42. The number of carbonyl (C=O) groups excluding carboxylic acids is 5. The van der Waals surface area contributed by atoms with Crippen molar-refractivity contribution in [1.29, 1.82) is 0 Å². The summed E-state index contributed by atoms with van der Waals surface area (Å²) in [6.45, 7) is 11.1. The number of esters is 1. The van der Waals surface area contributed by atoms with Crippen molar-refractivity contribution in [3.8, 4) is 11.8 Å². The number of hydrogen-bond acceptors (Lipinski definition) is 19. The van der Waals surface area contributed by atoms with Gasteiger partial charge in [-0.25, -0.2) is 19.1 Å². The fraction of sp³-hybridized carbons (Fsp3) is 0.712. The summed E-state index contributed by atoms with van der Waals surface area (Å²) in [7, 11) is 4.48. The quantitative estimate of drug-likeness (QED) is 0.0912. The number of aliphatic hydroxyl groups is 2. The number of ketones is 3. The summed E-state index contributed by atoms with van der Waals surface area (Å²) in [5, 5.41) is 49.6. The van der Waals surface area contributed by atoms with Gasteiger partial charge in [0.2, 0.25) is 5.79 Å². The molecule has 458 valence electrons. The van der Waals surface area contributed by atoms with Gasteiger partial charge in [-0.3, -0.25) is 19.2 Å². The lowest BCUT2D eigenvalue weighted by Crippen LogP contribution is -2.61. The fourth-order valence-corrected chi connectivity index (χ4v) is 11.5. The highest BCUT2D eigenvalue weighted by Gasteiger charge is 2.53. The van der Waals surface area contributed by atoms with Gasteiger partial charge in [-0.05, 0) is 107 Å². The number of fused-ring (bicyclic) bond motifs is 3. The van der Waals surface area contributed by atoms with E-state index < -0.39 is 121 Å². The minimum atomic E-state index is -2.48. The SMILES string of the molecule is CO[C@H]1C[C@@H]2CC[C@@H](C)[C@@](O)(O2)C(=O)C(=O)N2CCCC[C@H]2C(=O)O[C@H]([C@H](C)C[C@H]2CC[C@@H](OCCn3nnc(OCC(=O)O)c3OCC(=O)O)[C@H](OC)C2)CC(=O)[C@H](C)/C=C(\C)[C@@H](O)[C@@H](OC)C(=O)[C@H](C)C[C@H](C)\C=C/C=C/C=C/1C. The number of methoxy groups -OCH3 is 3. The average Bonchev–Trinajstić information content (AvgIpc) is 3.95. The first-order valence-corrected chi connectivity index (χ1v) is 28.7. The Kier molecular flexibility index (Phi) is 26.0. The largest absolute Gasteiger partial charge is 0.479 e. The van der Waals surface area contributed by atoms with E-state index in [-0.39, 0.29) is 74.1 Å². The highest BCUT2D eigenvalue weighted by Crippen LogP contribution is 2.38. The lowest BCUT2D eigenvalue weighted by Gasteiger charge is -2.42. The van der Waals surface area contributed by atoms with Crippen LogP contribution in [0.5, 0.6) is 11.8 Å². The van der Waals surface area contributed by atoms with Gasteiger partial charge in [0.15, 0.2) is 19.0 Å². The number of piperidine rings is 1. The van der Waals surface area contributed by atoms with Gasteiger partial charge in [-0.1, -0.05) is 81.4 Å². The van der Waals surface area contributed by atoms with E-state index in [2.05, 4.69) is 10.3 Å². The molecule has 1 aromatic rings. The Labute approximate surface area is 480 Å². The molecule has 1 amide bonds. The Balaban J connectivity index is 1.40. The number of allylic oxidation sites excluding steroid dienone is 6. The number of hydrogen-bond donors (Lipinski definition) is 4. The van der Waals surface area contributed by atoms with E-state index in [1.165, 1.54) is 11.8 Å². The minimum absolute atomic E-state index is 0.00788. The van der Waals surface area contributed by atoms with Crippen LogP contribution < -0.4 is 9.47 Å². The third-order valence-electron chi connectivity index (χ3n) is 16.4. The van der Waals surface area contributed by atoms with Crippen LogP contribution in [0.1, 0.15) is 126 Å². The van der Waals surface area contributed by atoms with E-state index in [1.807, 2.05) is 51.2 Å². The second-order valence-electron chi connectivity index (χ2n) is 22.7. The molecule has 4 N–H and O–H groups in total. The molecule has 82 heavy (non-hydrogen) atoms. The van der Waals surface area contributed by atoms with Crippen molar-refractivity contribution in [2.45, 2.75) is 187 Å². The molecule has 15 atom stereocenters. The maximum absolute atomic E-state index is 14.7. The minimum Gasteiger partial charge on any atom is -0.479 e. The first-order valence-electron chi connectivity index (χ1n) is 28.7. The summed E-state index contributed by atoms with van der Waals surface area (Å²) < 4.78 is 47.8. The molecule has 2 saturated heterocycles. The number of Topliss-reactive ketones (excluding diaryl/α,β-unsaturated/α-hetero) is 3. The van der Waals surface area contributed by atoms with Crippen molar-refractivity contribution in [2.24, 2.45) is 35.5 Å². The zero-order valence-corrected chi connectivity index (χ0v) is 49.3. The van der Waals surface area contributed by atoms with Crippen LogP contribution >= 0.6 is 0 Å². The van der Waals surface area contributed by atoms with Crippen molar-refractivity contribution >= 4 is 41.2 Å². The van der Waals surface area contributed by atoms with Crippen LogP contribution in [0.15, 0.2) is 47.6 Å². The number of aromatic nitrogens is 3. The molecule has 0 unspecified atom stereocenters. The van der Waals surface area contributed by atoms with E-state index in [0.717, 1.165) is 10.5 Å². The van der Waals surface area contributed by atoms with Crippen LogP contribution in [-0.2, 0) is 68.5 Å². The van der Waals surface area contributed by atoms with E-state index in [0.29, 0.717) is 63.4 Å². The third-order valence-corrected chi connectivity index (χ3v) is 16.4. The predicted molar refractivity (Wildman–Crippen MR) is 295 cm³/mol. The zero-order chi connectivity index (χ0) is 60.4. The smallest absolute Gasteiger partial charge is 0.341 e. The second kappa shape index (κ2) is 31.8. The maximum Gasteiger partial charge on any atom is 0.341 e. The van der Waals surface area contributed by atoms with Crippen LogP contribution in [0.3, 0.4) is 0 Å². The molecule has 0 radical (unpaired) electrons. The summed E-state index contributed by atoms with van der Waals surface area (Å²) in [5.41, 5.74) is 1.19. The lowest BCUT2D eigenvalue weighted by molar-refractivity contribution is -0.265. The van der Waals surface area contributed by atoms with Gasteiger partial charge < -0.3 is 63.2 Å². The number of amides is 1. The van der Waals surface area contributed by atoms with Crippen molar-refractivity contribution in [3.63, 3.8) is 0 Å². The highest BCUT2D eigenvalue weighted by atomic mass is 16.6. The molecule has 0 aromatic carbocycles. The first kappa shape index (κ1) is 67.1. The lowest BCUT2D eigenvalue weighted by atomic mass is 9.78. The number of carbonyl (C=O) groups is 7. The highest BCUT2D eigenvalue weighted by molar-refractivity contribution is 6.39. The molecular formula is C59H88N4O19. The molecule has 2 bridgehead atoms. The van der Waals surface area contributed by atoms with Crippen LogP contribution in [0, 0.1) is 35.5 Å². The first-order chi connectivity index (χ1) is 38.9. The van der Waals surface area contributed by atoms with Gasteiger partial charge in [0, 0.05) is 58.5 Å². The third kappa shape index (κ3) is 18.4. The number of carboxylic acids is 2. The van der Waals surface area contributed by atoms with Crippen LogP contribution in [-0.4, -0.2) is 184 Å². The second-order valence-corrected chi connectivity index (χ2v) is 22.7. The number of ether oxygens (including phenoxy) is 8. The normalized spacial score (nSPS) is 34.3. The van der Waals surface area contributed by atoms with Gasteiger partial charge in [0.1, 0.15) is 30.1 Å². The van der Waals surface area contributed by atoms with E-state index >= 15 is 0 Å². The van der Waals surface area contributed by atoms with Crippen molar-refractivity contribution in [1.82, 2.24) is 19.9 Å². The van der Waals surface area contributed by atoms with Gasteiger partial charge >= 0.3 is 17.9 Å². The summed E-state index contributed by atoms with van der Waals surface area (Å²) in [5.74, 6) is -11.7. The molecule has 5 rings (SSSR count). The van der Waals surface area contributed by atoms with Crippen molar-refractivity contribution < 1.29 is 91.9 Å². The van der Waals surface area contributed by atoms with Gasteiger partial charge in [0.25, 0.3) is 23.5 Å². The summed E-state index contributed by atoms with van der Waals surface area (Å²) in [6.07, 6.45) is 10.3. The summed E-state index contributed by atoms with van der Waals surface area (Å²) >= 11 is 0. The Morgan fingerprint density at radius 2 is 1.56 bits per heavy atom. The molecule has 23 heteroatoms. The van der Waals surface area contributed by atoms with Crippen molar-refractivity contribution in [2.75, 3.05) is 47.7 Å². The Hall–Kier alpha value is -5.69. The Morgan fingerprint density at radius 3 is 2.24 bits per heavy atom. The molecule has 23 nitrogen and oxygen atoms in total. The van der Waals surface area contributed by atoms with Crippen LogP contribution in [0.4, 0.5) is 0 Å². The van der Waals surface area contributed by atoms with Crippen molar-refractivity contribution in [3.05, 3.63) is 47.6 Å². The maximum atomic E-state index is 14.7. The zero-order valence-electron chi connectivity index (χ0n) is 49.3. The Bertz CT molecular complexity index is 2470. The molecule has 3 aliphatic heterocycles. The summed E-state index contributed by atoms with van der Waals surface area (Å²) in [6, 6.07) is -1.21. The number of rotatable bonds is 16. The molecular weight excluding hydrogens is 1070 g/mol. The topological polar surface area (TPSA) is 308 Å². The molecule has 1 saturated carbocycles. The number of cyclic esters (lactones) is 1. The summed E-state index contributed by atoms with van der Waals surface area (Å²) in [4.78, 5) is 95.2. The number of carboxylic acid groups (broad SMARTS) is 2. The van der Waals surface area contributed by atoms with Crippen LogP contribution in [0.2, 0.25) is 0 Å². The van der Waals surface area contributed by atoms with E-state index in [4.69, 9.17) is 43.0 Å². The molecule has 0 spiro atoms. The molecule has 1 aromatic heterocycles. The monoisotopic (exact) mass is 1160 g/mol. The fourth-order valence-electron chi connectivity index (χ4n) is 11.5. The standard InChI is InChI=1S/C59H88N4O19/c1-34-16-12-11-13-17-35(2)46(75-8)30-42-21-19-40(7)59(74,82-42)54(71)56(72)62-23-15-14-18-43(62)58(73)81-47(31-44(64)36(3)27-39(6)52(70)53(77-10)51(69)38(5)26-34)37(4)28-41-20-22-45(48(29-41)76-9)78-25-24-63-57(80-33-50(67)68)55(60-61-63)79-32-49(65)66/h11-13,16-17,27,34,36-38,40-43,45-48,52-53,70,74H,14-15,18-26,28-33H2,1-10H3,(H,65,66)(H,67,68)/b13-11+,16-12-,35-17+,39-27+/t34-,36-,37-,38-,40-,41-,42+,43+,45-,46+,47+,48-,52-,53+,59-/m1/s1. The van der Waals surface area contributed by atoms with E-state index in [9.17, 15) is 48.9 Å². The van der Waals surface area contributed by atoms with Gasteiger partial charge in [0.05, 0.1) is 37.6 Å². The van der Waals surface area contributed by atoms with Gasteiger partial charge in [-0.15, -0.1) is 0 Å². The Morgan fingerprint density at radius 1 is 0.841 bits per heavy atom. The molecule has 4 heterocycles. The number of aliphatic carboxylic acids is 2. The molecule has 3 fully saturated rings. The van der Waals surface area contributed by atoms with Crippen LogP contribution in [0.25, 0.3) is 0 Å². The number of aliphatic hydroxyl groups excluding tert-OH is 1. The van der Waals surface area contributed by atoms with E-state index in [1.54, 1.807) is 48.0 Å². The molecule has 4 aliphatic rings. The molecule has 1 aliphatic carbocycles. The number of nitrogens with zero attached hydrogens (tertiary/aromatic N) is 4.